The molecule has 5 nitrogen and oxygen atoms in total. The minimum atomic E-state index is -0.367. The Morgan fingerprint density at radius 1 is 0.903 bits per heavy atom. The van der Waals surface area contributed by atoms with Gasteiger partial charge in [0.15, 0.2) is 0 Å². The number of aromatic nitrogens is 2. The van der Waals surface area contributed by atoms with Gasteiger partial charge in [-0.15, -0.1) is 0 Å². The standard InChI is InChI=1S/C25H17ClN4O/c26-19-11-9-16(10-12-19)23-14-24(29-28-23)25(31)30-27-15-22-20-7-3-1-5-17(20)13-18-6-2-4-8-21(18)22/h1-15H,(H,28,29)(H,30,31)/b27-15-. The van der Waals surface area contributed by atoms with E-state index < -0.39 is 0 Å². The third kappa shape index (κ3) is 3.79. The summed E-state index contributed by atoms with van der Waals surface area (Å²) in [4.78, 5) is 12.5. The number of carbonyl (C=O) groups is 1. The van der Waals surface area contributed by atoms with Gasteiger partial charge >= 0.3 is 0 Å². The van der Waals surface area contributed by atoms with Gasteiger partial charge in [-0.3, -0.25) is 9.89 Å². The average Bonchev–Trinajstić information content (AvgIpc) is 3.29. The van der Waals surface area contributed by atoms with E-state index in [0.717, 1.165) is 32.7 Å². The summed E-state index contributed by atoms with van der Waals surface area (Å²) in [5.74, 6) is -0.367. The molecule has 1 aromatic heterocycles. The SMILES string of the molecule is O=C(N/N=C\c1c2ccccc2cc2ccccc12)c1cc(-c2ccc(Cl)cc2)n[nH]1. The molecule has 0 atom stereocenters. The van der Waals surface area contributed by atoms with Crippen LogP contribution < -0.4 is 5.43 Å². The molecule has 0 saturated heterocycles. The van der Waals surface area contributed by atoms with Gasteiger partial charge in [0.25, 0.3) is 5.91 Å². The zero-order chi connectivity index (χ0) is 21.2. The first-order valence-corrected chi connectivity index (χ1v) is 10.1. The van der Waals surface area contributed by atoms with E-state index in [2.05, 4.69) is 51.1 Å². The summed E-state index contributed by atoms with van der Waals surface area (Å²) in [5.41, 5.74) is 5.40. The molecule has 31 heavy (non-hydrogen) atoms. The number of nitrogens with one attached hydrogen (secondary N) is 2. The van der Waals surface area contributed by atoms with Crippen molar-refractivity contribution in [1.82, 2.24) is 15.6 Å². The molecule has 0 bridgehead atoms. The Balaban J connectivity index is 1.41. The monoisotopic (exact) mass is 424 g/mol. The van der Waals surface area contributed by atoms with Crippen LogP contribution in [0.2, 0.25) is 5.02 Å². The van der Waals surface area contributed by atoms with Crippen LogP contribution in [-0.4, -0.2) is 22.3 Å². The Bertz CT molecular complexity index is 1380. The fourth-order valence-corrected chi connectivity index (χ4v) is 3.74. The number of carbonyl (C=O) groups excluding carboxylic acids is 1. The second kappa shape index (κ2) is 8.05. The third-order valence-electron chi connectivity index (χ3n) is 5.14. The average molecular weight is 425 g/mol. The van der Waals surface area contributed by atoms with E-state index in [9.17, 15) is 4.79 Å². The van der Waals surface area contributed by atoms with Crippen molar-refractivity contribution in [3.8, 4) is 11.3 Å². The van der Waals surface area contributed by atoms with Gasteiger partial charge in [-0.25, -0.2) is 5.43 Å². The van der Waals surface area contributed by atoms with Crippen LogP contribution in [-0.2, 0) is 0 Å². The van der Waals surface area contributed by atoms with Crippen molar-refractivity contribution in [2.45, 2.75) is 0 Å². The largest absolute Gasteiger partial charge is 0.289 e. The molecular weight excluding hydrogens is 408 g/mol. The summed E-state index contributed by atoms with van der Waals surface area (Å²) in [5, 5.41) is 16.2. The minimum absolute atomic E-state index is 0.324. The predicted octanol–water partition coefficient (Wildman–Crippen LogP) is 5.80. The van der Waals surface area contributed by atoms with Crippen molar-refractivity contribution in [3.05, 3.63) is 101 Å². The lowest BCUT2D eigenvalue weighted by atomic mass is 9.97. The van der Waals surface area contributed by atoms with E-state index in [1.807, 2.05) is 36.4 Å². The highest BCUT2D eigenvalue weighted by atomic mass is 35.5. The molecule has 6 heteroatoms. The summed E-state index contributed by atoms with van der Waals surface area (Å²) < 4.78 is 0. The van der Waals surface area contributed by atoms with Gasteiger partial charge in [0, 0.05) is 16.1 Å². The summed E-state index contributed by atoms with van der Waals surface area (Å²) >= 11 is 5.93. The summed E-state index contributed by atoms with van der Waals surface area (Å²) in [6.07, 6.45) is 1.69. The van der Waals surface area contributed by atoms with Crippen LogP contribution in [0.15, 0.2) is 90.0 Å². The van der Waals surface area contributed by atoms with Crippen molar-refractivity contribution in [2.24, 2.45) is 5.10 Å². The van der Waals surface area contributed by atoms with E-state index >= 15 is 0 Å². The molecule has 0 aliphatic heterocycles. The van der Waals surface area contributed by atoms with Crippen LogP contribution in [0.4, 0.5) is 0 Å². The fraction of sp³-hybridized carbons (Fsp3) is 0. The van der Waals surface area contributed by atoms with E-state index in [0.29, 0.717) is 16.4 Å². The van der Waals surface area contributed by atoms with Gasteiger partial charge in [0.1, 0.15) is 5.69 Å². The maximum absolute atomic E-state index is 12.5. The first-order chi connectivity index (χ1) is 15.2. The van der Waals surface area contributed by atoms with Crippen LogP contribution in [0, 0.1) is 0 Å². The topological polar surface area (TPSA) is 70.1 Å². The van der Waals surface area contributed by atoms with Crippen molar-refractivity contribution in [3.63, 3.8) is 0 Å². The van der Waals surface area contributed by atoms with Gasteiger partial charge in [0.2, 0.25) is 0 Å². The Morgan fingerprint density at radius 3 is 2.23 bits per heavy atom. The highest BCUT2D eigenvalue weighted by Gasteiger charge is 2.11. The second-order valence-electron chi connectivity index (χ2n) is 7.11. The molecule has 5 aromatic rings. The Kier molecular flexibility index (Phi) is 4.94. The van der Waals surface area contributed by atoms with Gasteiger partial charge in [-0.05, 0) is 45.8 Å². The number of halogens is 1. The van der Waals surface area contributed by atoms with E-state index in [1.54, 1.807) is 24.4 Å². The molecule has 0 fully saturated rings. The van der Waals surface area contributed by atoms with Gasteiger partial charge in [-0.1, -0.05) is 72.3 Å². The van der Waals surface area contributed by atoms with Crippen molar-refractivity contribution in [1.29, 1.82) is 0 Å². The van der Waals surface area contributed by atoms with Gasteiger partial charge in [0.05, 0.1) is 11.9 Å². The molecule has 1 amide bonds. The van der Waals surface area contributed by atoms with Gasteiger partial charge < -0.3 is 0 Å². The molecule has 0 saturated carbocycles. The minimum Gasteiger partial charge on any atom is -0.272 e. The maximum atomic E-state index is 12.5. The molecular formula is C25H17ClN4O. The van der Waals surface area contributed by atoms with E-state index in [1.165, 1.54) is 0 Å². The van der Waals surface area contributed by atoms with Crippen molar-refractivity contribution in [2.75, 3.05) is 0 Å². The van der Waals surface area contributed by atoms with E-state index in [4.69, 9.17) is 11.6 Å². The molecule has 1 heterocycles. The molecule has 150 valence electrons. The Labute approximate surface area is 183 Å². The Hall–Kier alpha value is -3.96. The van der Waals surface area contributed by atoms with Crippen LogP contribution in [0.1, 0.15) is 16.1 Å². The molecule has 4 aromatic carbocycles. The van der Waals surface area contributed by atoms with E-state index in [-0.39, 0.29) is 5.91 Å². The first kappa shape index (κ1) is 19.0. The number of hydrogen-bond acceptors (Lipinski definition) is 3. The molecule has 5 rings (SSSR count). The quantitative estimate of drug-likeness (QED) is 0.217. The molecule has 0 aliphatic carbocycles. The second-order valence-corrected chi connectivity index (χ2v) is 7.54. The number of aromatic amines is 1. The van der Waals surface area contributed by atoms with Crippen LogP contribution in [0.5, 0.6) is 0 Å². The summed E-state index contributed by atoms with van der Waals surface area (Å²) in [7, 11) is 0. The lowest BCUT2D eigenvalue weighted by molar-refractivity contribution is 0.0950. The Morgan fingerprint density at radius 2 is 1.55 bits per heavy atom. The zero-order valence-corrected chi connectivity index (χ0v) is 17.1. The predicted molar refractivity (Wildman–Crippen MR) is 126 cm³/mol. The zero-order valence-electron chi connectivity index (χ0n) is 16.3. The molecule has 0 spiro atoms. The number of amides is 1. The number of benzene rings is 4. The number of hydrogen-bond donors (Lipinski definition) is 2. The first-order valence-electron chi connectivity index (χ1n) is 9.74. The molecule has 0 aliphatic rings. The number of hydrazone groups is 1. The molecule has 0 unspecified atom stereocenters. The van der Waals surface area contributed by atoms with Crippen molar-refractivity contribution >= 4 is 45.3 Å². The third-order valence-corrected chi connectivity index (χ3v) is 5.39. The van der Waals surface area contributed by atoms with Crippen LogP contribution in [0.3, 0.4) is 0 Å². The summed E-state index contributed by atoms with van der Waals surface area (Å²) in [6, 6.07) is 27.4. The highest BCUT2D eigenvalue weighted by Crippen LogP contribution is 2.27. The highest BCUT2D eigenvalue weighted by molar-refractivity contribution is 6.30. The number of H-pyrrole nitrogens is 1. The number of nitrogens with zero attached hydrogens (tertiary/aromatic N) is 2. The number of fused-ring (bicyclic) bond motifs is 2. The van der Waals surface area contributed by atoms with Crippen LogP contribution in [0.25, 0.3) is 32.8 Å². The summed E-state index contributed by atoms with van der Waals surface area (Å²) in [6.45, 7) is 0. The maximum Gasteiger partial charge on any atom is 0.289 e. The van der Waals surface area contributed by atoms with Gasteiger partial charge in [-0.2, -0.15) is 10.2 Å². The van der Waals surface area contributed by atoms with Crippen molar-refractivity contribution < 1.29 is 4.79 Å². The van der Waals surface area contributed by atoms with Crippen LogP contribution >= 0.6 is 11.6 Å². The lowest BCUT2D eigenvalue weighted by Gasteiger charge is -2.07. The number of rotatable bonds is 4. The molecule has 0 radical (unpaired) electrons. The lowest BCUT2D eigenvalue weighted by Crippen LogP contribution is -2.18. The normalized spacial score (nSPS) is 11.4. The smallest absolute Gasteiger partial charge is 0.272 e. The fourth-order valence-electron chi connectivity index (χ4n) is 3.61. The molecule has 2 N–H and O–H groups in total.